The van der Waals surface area contributed by atoms with E-state index in [4.69, 9.17) is 4.98 Å². The number of hydrogen-bond acceptors (Lipinski definition) is 4. The topological polar surface area (TPSA) is 77.4 Å². The number of aromatic nitrogens is 3. The van der Waals surface area contributed by atoms with Crippen LogP contribution in [0.15, 0.2) is 54.7 Å². The third-order valence-electron chi connectivity index (χ3n) is 5.97. The van der Waals surface area contributed by atoms with Gasteiger partial charge in [0.25, 0.3) is 0 Å². The largest absolute Gasteiger partial charge is 0.316 e. The highest BCUT2D eigenvalue weighted by atomic mass is 15.1. The molecule has 2 aromatic carbocycles. The van der Waals surface area contributed by atoms with Gasteiger partial charge in [-0.25, -0.2) is 4.98 Å². The number of benzene rings is 2. The molecular formula is C25H23N5. The van der Waals surface area contributed by atoms with Crippen molar-refractivity contribution in [2.45, 2.75) is 19.8 Å². The van der Waals surface area contributed by atoms with Gasteiger partial charge in [0.2, 0.25) is 0 Å². The van der Waals surface area contributed by atoms with E-state index in [-0.39, 0.29) is 0 Å². The van der Waals surface area contributed by atoms with Crippen LogP contribution in [0.5, 0.6) is 0 Å². The van der Waals surface area contributed by atoms with E-state index in [2.05, 4.69) is 52.8 Å². The highest BCUT2D eigenvalue weighted by molar-refractivity contribution is 5.94. The molecule has 3 heterocycles. The highest BCUT2D eigenvalue weighted by Crippen LogP contribution is 2.38. The van der Waals surface area contributed by atoms with Gasteiger partial charge in [0.1, 0.15) is 5.52 Å². The average Bonchev–Trinajstić information content (AvgIpc) is 3.46. The fourth-order valence-corrected chi connectivity index (χ4v) is 4.36. The Labute approximate surface area is 175 Å². The zero-order valence-electron chi connectivity index (χ0n) is 16.9. The number of rotatable bonds is 4. The molecule has 1 aliphatic heterocycles. The first kappa shape index (κ1) is 18.5. The van der Waals surface area contributed by atoms with Gasteiger partial charge in [-0.15, -0.1) is 0 Å². The van der Waals surface area contributed by atoms with E-state index < -0.39 is 0 Å². The van der Waals surface area contributed by atoms with Crippen LogP contribution in [0.4, 0.5) is 0 Å². The number of aromatic amines is 1. The van der Waals surface area contributed by atoms with Crippen LogP contribution in [-0.4, -0.2) is 28.3 Å². The molecule has 1 aliphatic rings. The lowest BCUT2D eigenvalue weighted by atomic mass is 9.88. The van der Waals surface area contributed by atoms with Crippen LogP contribution in [0.25, 0.3) is 33.4 Å². The Bertz CT molecular complexity index is 1220. The number of H-pyrrole nitrogens is 1. The standard InChI is InChI=1S/C25H23N5/c1-16-2-6-20(7-3-16)24-23(19-8-4-17(13-26)5-9-19)21(12-18-10-11-27-14-18)25-22(29-24)15-28-30-25/h2-9,15,18,27H,10-12,14H2,1H3,(H,28,30). The smallest absolute Gasteiger partial charge is 0.109 e. The van der Waals surface area contributed by atoms with Crippen molar-refractivity contribution < 1.29 is 0 Å². The molecular weight excluding hydrogens is 370 g/mol. The maximum absolute atomic E-state index is 9.23. The first-order valence-electron chi connectivity index (χ1n) is 10.4. The van der Waals surface area contributed by atoms with Gasteiger partial charge in [-0.05, 0) is 62.0 Å². The normalized spacial score (nSPS) is 16.1. The Morgan fingerprint density at radius 1 is 1.07 bits per heavy atom. The number of hydrogen-bond donors (Lipinski definition) is 2. The van der Waals surface area contributed by atoms with Gasteiger partial charge < -0.3 is 5.32 Å². The summed E-state index contributed by atoms with van der Waals surface area (Å²) in [7, 11) is 0. The predicted molar refractivity (Wildman–Crippen MR) is 119 cm³/mol. The van der Waals surface area contributed by atoms with Gasteiger partial charge >= 0.3 is 0 Å². The molecule has 1 saturated heterocycles. The molecule has 1 fully saturated rings. The Hall–Kier alpha value is -3.49. The number of aryl methyl sites for hydroxylation is 1. The van der Waals surface area contributed by atoms with E-state index in [9.17, 15) is 5.26 Å². The molecule has 4 aromatic rings. The van der Waals surface area contributed by atoms with Crippen molar-refractivity contribution in [1.29, 1.82) is 5.26 Å². The zero-order valence-corrected chi connectivity index (χ0v) is 16.9. The molecule has 148 valence electrons. The first-order valence-corrected chi connectivity index (χ1v) is 10.4. The second-order valence-electron chi connectivity index (χ2n) is 8.06. The van der Waals surface area contributed by atoms with E-state index >= 15 is 0 Å². The lowest BCUT2D eigenvalue weighted by Crippen LogP contribution is -2.12. The summed E-state index contributed by atoms with van der Waals surface area (Å²) < 4.78 is 0. The van der Waals surface area contributed by atoms with Crippen molar-refractivity contribution in [3.63, 3.8) is 0 Å². The summed E-state index contributed by atoms with van der Waals surface area (Å²) in [6.07, 6.45) is 3.94. The molecule has 5 rings (SSSR count). The van der Waals surface area contributed by atoms with Crippen LogP contribution in [0, 0.1) is 24.2 Å². The Kier molecular flexibility index (Phi) is 4.78. The van der Waals surface area contributed by atoms with E-state index in [1.54, 1.807) is 0 Å². The van der Waals surface area contributed by atoms with E-state index in [0.29, 0.717) is 11.5 Å². The number of nitrogens with zero attached hydrogens (tertiary/aromatic N) is 3. The number of pyridine rings is 1. The molecule has 30 heavy (non-hydrogen) atoms. The molecule has 0 saturated carbocycles. The molecule has 1 atom stereocenters. The van der Waals surface area contributed by atoms with Gasteiger partial charge in [0.15, 0.2) is 0 Å². The minimum absolute atomic E-state index is 0.585. The summed E-state index contributed by atoms with van der Waals surface area (Å²) in [5.41, 5.74) is 9.31. The fraction of sp³-hybridized carbons (Fsp3) is 0.240. The van der Waals surface area contributed by atoms with Crippen molar-refractivity contribution in [2.24, 2.45) is 5.92 Å². The number of nitrogens with one attached hydrogen (secondary N) is 2. The Morgan fingerprint density at radius 2 is 1.83 bits per heavy atom. The van der Waals surface area contributed by atoms with Crippen LogP contribution in [0.1, 0.15) is 23.1 Å². The van der Waals surface area contributed by atoms with Gasteiger partial charge in [-0.3, -0.25) is 5.10 Å². The van der Waals surface area contributed by atoms with Crippen LogP contribution < -0.4 is 5.32 Å². The van der Waals surface area contributed by atoms with Crippen molar-refractivity contribution in [3.05, 3.63) is 71.4 Å². The molecule has 0 bridgehead atoms. The molecule has 0 amide bonds. The van der Waals surface area contributed by atoms with Crippen molar-refractivity contribution in [1.82, 2.24) is 20.5 Å². The SMILES string of the molecule is Cc1ccc(-c2nc3cn[nH]c3c(CC3CCNC3)c2-c2ccc(C#N)cc2)cc1. The summed E-state index contributed by atoms with van der Waals surface area (Å²) in [6, 6.07) is 18.6. The van der Waals surface area contributed by atoms with Crippen molar-refractivity contribution in [2.75, 3.05) is 13.1 Å². The quantitative estimate of drug-likeness (QED) is 0.530. The molecule has 2 N–H and O–H groups in total. The van der Waals surface area contributed by atoms with Gasteiger partial charge in [-0.1, -0.05) is 42.0 Å². The molecule has 0 radical (unpaired) electrons. The third kappa shape index (κ3) is 3.36. The summed E-state index contributed by atoms with van der Waals surface area (Å²) in [6.45, 7) is 4.19. The number of nitriles is 1. The Morgan fingerprint density at radius 3 is 2.53 bits per heavy atom. The minimum Gasteiger partial charge on any atom is -0.316 e. The van der Waals surface area contributed by atoms with Crippen molar-refractivity contribution >= 4 is 11.0 Å². The van der Waals surface area contributed by atoms with E-state index in [1.165, 1.54) is 17.5 Å². The summed E-state index contributed by atoms with van der Waals surface area (Å²) in [4.78, 5) is 5.01. The van der Waals surface area contributed by atoms with Crippen LogP contribution in [-0.2, 0) is 6.42 Å². The summed E-state index contributed by atoms with van der Waals surface area (Å²) in [5.74, 6) is 0.585. The van der Waals surface area contributed by atoms with Crippen molar-refractivity contribution in [3.8, 4) is 28.5 Å². The molecule has 2 aromatic heterocycles. The highest BCUT2D eigenvalue weighted by Gasteiger charge is 2.23. The van der Waals surface area contributed by atoms with Gasteiger partial charge in [0, 0.05) is 11.1 Å². The maximum atomic E-state index is 9.23. The average molecular weight is 393 g/mol. The van der Waals surface area contributed by atoms with E-state index in [0.717, 1.165) is 52.9 Å². The molecule has 0 aliphatic carbocycles. The monoisotopic (exact) mass is 393 g/mol. The maximum Gasteiger partial charge on any atom is 0.109 e. The summed E-state index contributed by atoms with van der Waals surface area (Å²) in [5, 5.41) is 20.2. The summed E-state index contributed by atoms with van der Waals surface area (Å²) >= 11 is 0. The van der Waals surface area contributed by atoms with Gasteiger partial charge in [0.05, 0.1) is 29.0 Å². The number of fused-ring (bicyclic) bond motifs is 1. The van der Waals surface area contributed by atoms with Crippen LogP contribution >= 0.6 is 0 Å². The lowest BCUT2D eigenvalue weighted by molar-refractivity contribution is 0.582. The van der Waals surface area contributed by atoms with Gasteiger partial charge in [-0.2, -0.15) is 10.4 Å². The molecule has 5 nitrogen and oxygen atoms in total. The lowest BCUT2D eigenvalue weighted by Gasteiger charge is -2.18. The zero-order chi connectivity index (χ0) is 20.5. The molecule has 1 unspecified atom stereocenters. The van der Waals surface area contributed by atoms with Crippen LogP contribution in [0.2, 0.25) is 0 Å². The molecule has 5 heteroatoms. The van der Waals surface area contributed by atoms with Crippen LogP contribution in [0.3, 0.4) is 0 Å². The molecule has 0 spiro atoms. The third-order valence-corrected chi connectivity index (χ3v) is 5.97. The Balaban J connectivity index is 1.78. The minimum atomic E-state index is 0.585. The first-order chi connectivity index (χ1) is 14.7. The van der Waals surface area contributed by atoms with E-state index in [1.807, 2.05) is 30.5 Å². The second-order valence-corrected chi connectivity index (χ2v) is 8.06. The second kappa shape index (κ2) is 7.74. The predicted octanol–water partition coefficient (Wildman–Crippen LogP) is 4.62. The fourth-order valence-electron chi connectivity index (χ4n) is 4.36.